The van der Waals surface area contributed by atoms with Gasteiger partial charge in [0.05, 0.1) is 6.20 Å². The van der Waals surface area contributed by atoms with Crippen molar-refractivity contribution >= 4 is 30.7 Å². The number of hydrogen-bond acceptors (Lipinski definition) is 5. The van der Waals surface area contributed by atoms with E-state index >= 15 is 0 Å². The summed E-state index contributed by atoms with van der Waals surface area (Å²) in [6.45, 7) is 6.49. The Morgan fingerprint density at radius 3 is 2.46 bits per heavy atom. The van der Waals surface area contributed by atoms with Crippen LogP contribution in [0.25, 0.3) is 0 Å². The van der Waals surface area contributed by atoms with Crippen LogP contribution in [0.5, 0.6) is 0 Å². The standard InChI is InChI=1S/C17H29N5O2.2ClH/c1-18-16(15-11-19-20(2)13-15)17(23)22-7-5-21(6-8-22)12-14-3-9-24-10-4-14;;/h11,13-14,16,18H,3-10,12H2,1-2H3;2*1H. The number of piperazine rings is 1. The Bertz CT molecular complexity index is 543. The molecule has 1 aromatic heterocycles. The summed E-state index contributed by atoms with van der Waals surface area (Å²) in [5, 5.41) is 7.31. The van der Waals surface area contributed by atoms with E-state index in [2.05, 4.69) is 15.3 Å². The highest BCUT2D eigenvalue weighted by atomic mass is 35.5. The molecule has 3 rings (SSSR count). The Morgan fingerprint density at radius 2 is 1.92 bits per heavy atom. The number of amides is 1. The van der Waals surface area contributed by atoms with Crippen LogP contribution in [0.15, 0.2) is 12.4 Å². The van der Waals surface area contributed by atoms with Crippen LogP contribution < -0.4 is 5.32 Å². The number of hydrogen-bond donors (Lipinski definition) is 1. The molecule has 9 heteroatoms. The third kappa shape index (κ3) is 5.82. The van der Waals surface area contributed by atoms with E-state index in [0.29, 0.717) is 0 Å². The molecule has 2 aliphatic rings. The van der Waals surface area contributed by atoms with Crippen LogP contribution >= 0.6 is 24.8 Å². The van der Waals surface area contributed by atoms with Crippen molar-refractivity contribution in [2.45, 2.75) is 18.9 Å². The molecule has 0 saturated carbocycles. The van der Waals surface area contributed by atoms with Crippen LogP contribution in [0.4, 0.5) is 0 Å². The fourth-order valence-electron chi connectivity index (χ4n) is 3.65. The molecule has 2 saturated heterocycles. The van der Waals surface area contributed by atoms with Gasteiger partial charge in [0.15, 0.2) is 0 Å². The first-order valence-corrected chi connectivity index (χ1v) is 8.92. The lowest BCUT2D eigenvalue weighted by Crippen LogP contribution is -2.52. The summed E-state index contributed by atoms with van der Waals surface area (Å²) in [6, 6.07) is -0.305. The largest absolute Gasteiger partial charge is 0.381 e. The number of rotatable bonds is 5. The number of aromatic nitrogens is 2. The molecule has 2 fully saturated rings. The van der Waals surface area contributed by atoms with Crippen LogP contribution in [-0.4, -0.2) is 78.5 Å². The number of carbonyl (C=O) groups excluding carboxylic acids is 1. The average molecular weight is 408 g/mol. The minimum Gasteiger partial charge on any atom is -0.381 e. The number of halogens is 2. The minimum absolute atomic E-state index is 0. The number of carbonyl (C=O) groups is 1. The van der Waals surface area contributed by atoms with Gasteiger partial charge in [0, 0.05) is 64.7 Å². The monoisotopic (exact) mass is 407 g/mol. The van der Waals surface area contributed by atoms with Gasteiger partial charge < -0.3 is 15.0 Å². The third-order valence-electron chi connectivity index (χ3n) is 5.14. The van der Waals surface area contributed by atoms with Gasteiger partial charge in [-0.15, -0.1) is 24.8 Å². The van der Waals surface area contributed by atoms with Gasteiger partial charge >= 0.3 is 0 Å². The van der Waals surface area contributed by atoms with Crippen LogP contribution in [-0.2, 0) is 16.6 Å². The molecule has 3 heterocycles. The van der Waals surface area contributed by atoms with Gasteiger partial charge in [-0.3, -0.25) is 14.4 Å². The zero-order chi connectivity index (χ0) is 16.9. The second kappa shape index (κ2) is 11.1. The molecule has 1 unspecified atom stereocenters. The molecule has 2 aliphatic heterocycles. The van der Waals surface area contributed by atoms with E-state index in [1.54, 1.807) is 10.9 Å². The van der Waals surface area contributed by atoms with Crippen molar-refractivity contribution in [1.29, 1.82) is 0 Å². The Balaban J connectivity index is 0.00000169. The van der Waals surface area contributed by atoms with Crippen LogP contribution in [0, 0.1) is 5.92 Å². The zero-order valence-electron chi connectivity index (χ0n) is 15.6. The quantitative estimate of drug-likeness (QED) is 0.791. The third-order valence-corrected chi connectivity index (χ3v) is 5.14. The Kier molecular flexibility index (Phi) is 9.89. The second-order valence-corrected chi connectivity index (χ2v) is 6.85. The van der Waals surface area contributed by atoms with Crippen LogP contribution in [0.1, 0.15) is 24.4 Å². The molecule has 0 radical (unpaired) electrons. The molecule has 0 spiro atoms. The molecular weight excluding hydrogens is 377 g/mol. The summed E-state index contributed by atoms with van der Waals surface area (Å²) in [5.41, 5.74) is 0.926. The van der Waals surface area contributed by atoms with Crippen molar-refractivity contribution in [2.24, 2.45) is 13.0 Å². The molecular formula is C17H31Cl2N5O2. The molecule has 1 aromatic rings. The molecule has 1 atom stereocenters. The zero-order valence-corrected chi connectivity index (χ0v) is 17.2. The fraction of sp³-hybridized carbons (Fsp3) is 0.765. The summed E-state index contributed by atoms with van der Waals surface area (Å²) in [4.78, 5) is 17.3. The van der Waals surface area contributed by atoms with Crippen LogP contribution in [0.2, 0.25) is 0 Å². The van der Waals surface area contributed by atoms with Gasteiger partial charge in [0.1, 0.15) is 6.04 Å². The highest BCUT2D eigenvalue weighted by Gasteiger charge is 2.29. The van der Waals surface area contributed by atoms with Crippen molar-refractivity contribution in [3.8, 4) is 0 Å². The van der Waals surface area contributed by atoms with E-state index in [-0.39, 0.29) is 36.8 Å². The SMILES string of the molecule is CNC(C(=O)N1CCN(CC2CCOCC2)CC1)c1cnn(C)c1.Cl.Cl. The summed E-state index contributed by atoms with van der Waals surface area (Å²) < 4.78 is 7.17. The molecule has 1 N–H and O–H groups in total. The molecule has 0 aromatic carbocycles. The topological polar surface area (TPSA) is 62.6 Å². The van der Waals surface area contributed by atoms with Crippen LogP contribution in [0.3, 0.4) is 0 Å². The molecule has 150 valence electrons. The number of likely N-dealkylation sites (N-methyl/N-ethyl adjacent to an activating group) is 1. The highest BCUT2D eigenvalue weighted by molar-refractivity contribution is 5.85. The number of aryl methyl sites for hydroxylation is 1. The van der Waals surface area contributed by atoms with Gasteiger partial charge in [0.2, 0.25) is 5.91 Å². The first-order valence-electron chi connectivity index (χ1n) is 8.92. The first kappa shape index (κ1) is 23.2. The minimum atomic E-state index is -0.305. The Hall–Kier alpha value is -0.860. The summed E-state index contributed by atoms with van der Waals surface area (Å²) in [7, 11) is 3.70. The number of nitrogens with zero attached hydrogens (tertiary/aromatic N) is 4. The number of nitrogens with one attached hydrogen (secondary N) is 1. The lowest BCUT2D eigenvalue weighted by molar-refractivity contribution is -0.135. The van der Waals surface area contributed by atoms with Gasteiger partial charge in [-0.2, -0.15) is 5.10 Å². The predicted molar refractivity (Wildman–Crippen MR) is 106 cm³/mol. The lowest BCUT2D eigenvalue weighted by atomic mass is 9.99. The Morgan fingerprint density at radius 1 is 1.27 bits per heavy atom. The summed E-state index contributed by atoms with van der Waals surface area (Å²) in [5.74, 6) is 0.901. The smallest absolute Gasteiger partial charge is 0.244 e. The van der Waals surface area contributed by atoms with Crippen molar-refractivity contribution < 1.29 is 9.53 Å². The molecule has 0 aliphatic carbocycles. The summed E-state index contributed by atoms with van der Waals surface area (Å²) >= 11 is 0. The Labute approximate surface area is 168 Å². The lowest BCUT2D eigenvalue weighted by Gasteiger charge is -2.38. The van der Waals surface area contributed by atoms with E-state index in [9.17, 15) is 4.79 Å². The number of ether oxygens (including phenoxy) is 1. The molecule has 26 heavy (non-hydrogen) atoms. The maximum atomic E-state index is 12.8. The fourth-order valence-corrected chi connectivity index (χ4v) is 3.65. The van der Waals surface area contributed by atoms with Crippen molar-refractivity contribution in [3.63, 3.8) is 0 Å². The van der Waals surface area contributed by atoms with E-state index in [1.165, 1.54) is 12.8 Å². The highest BCUT2D eigenvalue weighted by Crippen LogP contribution is 2.19. The second-order valence-electron chi connectivity index (χ2n) is 6.85. The van der Waals surface area contributed by atoms with Gasteiger partial charge in [-0.25, -0.2) is 0 Å². The van der Waals surface area contributed by atoms with E-state index < -0.39 is 0 Å². The average Bonchev–Trinajstić information content (AvgIpc) is 3.03. The van der Waals surface area contributed by atoms with Gasteiger partial charge in [0.25, 0.3) is 0 Å². The maximum absolute atomic E-state index is 12.8. The van der Waals surface area contributed by atoms with Gasteiger partial charge in [-0.05, 0) is 25.8 Å². The first-order chi connectivity index (χ1) is 11.7. The summed E-state index contributed by atoms with van der Waals surface area (Å²) in [6.07, 6.45) is 6.00. The van der Waals surface area contributed by atoms with Gasteiger partial charge in [-0.1, -0.05) is 0 Å². The predicted octanol–water partition coefficient (Wildman–Crippen LogP) is 1.09. The van der Waals surface area contributed by atoms with Crippen molar-refractivity contribution in [2.75, 3.05) is 53.0 Å². The molecule has 0 bridgehead atoms. The van der Waals surface area contributed by atoms with Crippen molar-refractivity contribution in [1.82, 2.24) is 24.9 Å². The van der Waals surface area contributed by atoms with E-state index in [4.69, 9.17) is 4.74 Å². The van der Waals surface area contributed by atoms with E-state index in [1.807, 2.05) is 25.2 Å². The maximum Gasteiger partial charge on any atom is 0.244 e. The molecule has 7 nitrogen and oxygen atoms in total. The van der Waals surface area contributed by atoms with Crippen molar-refractivity contribution in [3.05, 3.63) is 18.0 Å². The normalized spacial score (nSPS) is 20.2. The molecule has 1 amide bonds. The van der Waals surface area contributed by atoms with E-state index in [0.717, 1.165) is 57.4 Å².